The Labute approximate surface area is 185 Å². The van der Waals surface area contributed by atoms with Crippen LogP contribution in [0.5, 0.6) is 0 Å². The molecule has 0 N–H and O–H groups in total. The van der Waals surface area contributed by atoms with Gasteiger partial charge in [-0.3, -0.25) is 9.59 Å². The van der Waals surface area contributed by atoms with Crippen LogP contribution in [0.2, 0.25) is 5.02 Å². The zero-order valence-corrected chi connectivity index (χ0v) is 17.8. The summed E-state index contributed by atoms with van der Waals surface area (Å²) < 4.78 is 6.26. The van der Waals surface area contributed by atoms with E-state index in [0.29, 0.717) is 11.6 Å². The van der Waals surface area contributed by atoms with Gasteiger partial charge in [-0.2, -0.15) is 0 Å². The molecular weight excluding hydrogens is 412 g/mol. The number of carbonyl (C=O) groups excluding carboxylic acids is 2. The van der Waals surface area contributed by atoms with Crippen LogP contribution in [-0.2, 0) is 26.5 Å². The number of likely N-dealkylation sites (N-methyl/N-ethyl adjacent to an activating group) is 1. The third-order valence-electron chi connectivity index (χ3n) is 6.17. The number of nitrogens with zero attached hydrogens (tertiary/aromatic N) is 2. The minimum Gasteiger partial charge on any atom is -0.360 e. The van der Waals surface area contributed by atoms with Crippen molar-refractivity contribution in [1.29, 1.82) is 0 Å². The fraction of sp³-hybridized carbons (Fsp3) is 0.200. The van der Waals surface area contributed by atoms with Gasteiger partial charge in [0.2, 0.25) is 5.91 Å². The summed E-state index contributed by atoms with van der Waals surface area (Å²) in [6.45, 7) is 0.265. The van der Waals surface area contributed by atoms with Crippen molar-refractivity contribution in [3.8, 4) is 0 Å². The minimum absolute atomic E-state index is 0.0261. The molecule has 0 unspecified atom stereocenters. The maximum Gasteiger partial charge on any atom is 0.256 e. The molecular formula is C25H21ClN2O3. The van der Waals surface area contributed by atoms with Crippen LogP contribution in [0.25, 0.3) is 0 Å². The van der Waals surface area contributed by atoms with Gasteiger partial charge in [-0.1, -0.05) is 72.3 Å². The molecule has 6 heteroatoms. The molecule has 156 valence electrons. The van der Waals surface area contributed by atoms with Crippen LogP contribution >= 0.6 is 11.6 Å². The summed E-state index contributed by atoms with van der Waals surface area (Å²) in [5, 5.41) is 0.540. The fourth-order valence-corrected chi connectivity index (χ4v) is 4.81. The Hall–Kier alpha value is -3.15. The summed E-state index contributed by atoms with van der Waals surface area (Å²) in [5.74, 6) is -0.356. The lowest BCUT2D eigenvalue weighted by Gasteiger charge is -2.56. The highest BCUT2D eigenvalue weighted by Crippen LogP contribution is 2.53. The predicted molar refractivity (Wildman–Crippen MR) is 119 cm³/mol. The Morgan fingerprint density at radius 1 is 1.00 bits per heavy atom. The number of halogens is 1. The molecule has 0 spiro atoms. The van der Waals surface area contributed by atoms with Gasteiger partial charge >= 0.3 is 0 Å². The van der Waals surface area contributed by atoms with E-state index in [1.807, 2.05) is 72.8 Å². The second kappa shape index (κ2) is 7.52. The molecule has 3 aromatic rings. The highest BCUT2D eigenvalue weighted by molar-refractivity contribution is 6.30. The number of fused-ring (bicyclic) bond motifs is 3. The first-order chi connectivity index (χ1) is 15.0. The maximum absolute atomic E-state index is 13.3. The van der Waals surface area contributed by atoms with Gasteiger partial charge in [0.25, 0.3) is 5.91 Å². The summed E-state index contributed by atoms with van der Waals surface area (Å²) in [6, 6.07) is 24.9. The smallest absolute Gasteiger partial charge is 0.256 e. The summed E-state index contributed by atoms with van der Waals surface area (Å²) in [5.41, 5.74) is 2.44. The first-order valence-electron chi connectivity index (χ1n) is 10.1. The van der Waals surface area contributed by atoms with E-state index in [2.05, 4.69) is 0 Å². The molecule has 0 aliphatic carbocycles. The van der Waals surface area contributed by atoms with E-state index in [9.17, 15) is 9.59 Å². The van der Waals surface area contributed by atoms with Gasteiger partial charge in [0.15, 0.2) is 6.10 Å². The van der Waals surface area contributed by atoms with Crippen LogP contribution in [0.3, 0.4) is 0 Å². The number of benzene rings is 3. The minimum atomic E-state index is -0.937. The third-order valence-corrected chi connectivity index (χ3v) is 6.40. The third kappa shape index (κ3) is 2.96. The lowest BCUT2D eigenvalue weighted by atomic mass is 9.69. The Kier molecular flexibility index (Phi) is 4.80. The quantitative estimate of drug-likeness (QED) is 0.586. The van der Waals surface area contributed by atoms with Gasteiger partial charge in [-0.15, -0.1) is 0 Å². The summed E-state index contributed by atoms with van der Waals surface area (Å²) in [6.07, 6.45) is -0.772. The standard InChI is InChI=1S/C25H21ClN2O3/c1-27-21-13-12-19(26)14-20(21)25(18-10-6-3-7-11-18)23(24(30)28(25)15-22(27)29)31-16-17-8-4-2-5-9-17/h2-14,23H,15-16H2,1H3/t23-,25+/m1/s1. The molecule has 2 amide bonds. The monoisotopic (exact) mass is 432 g/mol. The van der Waals surface area contributed by atoms with E-state index in [-0.39, 0.29) is 18.4 Å². The molecule has 2 aliphatic rings. The van der Waals surface area contributed by atoms with Crippen molar-refractivity contribution in [3.05, 3.63) is 101 Å². The van der Waals surface area contributed by atoms with Gasteiger partial charge < -0.3 is 14.5 Å². The molecule has 2 heterocycles. The molecule has 3 aromatic carbocycles. The van der Waals surface area contributed by atoms with Gasteiger partial charge in [-0.05, 0) is 29.3 Å². The Morgan fingerprint density at radius 2 is 1.68 bits per heavy atom. The SMILES string of the molecule is CN1C(=O)CN2C(=O)[C@@H](OCc3ccccc3)[C@]2(c2ccccc2)c2cc(Cl)ccc21. The zero-order chi connectivity index (χ0) is 21.6. The first kappa shape index (κ1) is 19.8. The van der Waals surface area contributed by atoms with E-state index in [4.69, 9.17) is 16.3 Å². The van der Waals surface area contributed by atoms with E-state index >= 15 is 0 Å². The molecule has 2 aliphatic heterocycles. The number of amides is 2. The number of hydrogen-bond donors (Lipinski definition) is 0. The molecule has 0 saturated carbocycles. The van der Waals surface area contributed by atoms with E-state index in [1.54, 1.807) is 22.9 Å². The van der Waals surface area contributed by atoms with Crippen LogP contribution in [0.1, 0.15) is 16.7 Å². The van der Waals surface area contributed by atoms with E-state index < -0.39 is 11.6 Å². The summed E-state index contributed by atoms with van der Waals surface area (Å²) in [7, 11) is 1.73. The van der Waals surface area contributed by atoms with Gasteiger partial charge in [-0.25, -0.2) is 0 Å². The van der Waals surface area contributed by atoms with Gasteiger partial charge in [0.05, 0.1) is 6.61 Å². The molecule has 5 nitrogen and oxygen atoms in total. The maximum atomic E-state index is 13.3. The number of carbonyl (C=O) groups is 2. The average molecular weight is 433 g/mol. The molecule has 1 saturated heterocycles. The Morgan fingerprint density at radius 3 is 2.39 bits per heavy atom. The van der Waals surface area contributed by atoms with Crippen LogP contribution in [0.15, 0.2) is 78.9 Å². The normalized spacial score (nSPS) is 22.5. The molecule has 5 rings (SSSR count). The fourth-order valence-electron chi connectivity index (χ4n) is 4.64. The number of hydrogen-bond acceptors (Lipinski definition) is 3. The number of rotatable bonds is 4. The number of ether oxygens (including phenoxy) is 1. The number of anilines is 1. The Bertz CT molecular complexity index is 1150. The van der Waals surface area contributed by atoms with Crippen molar-refractivity contribution in [2.24, 2.45) is 0 Å². The van der Waals surface area contributed by atoms with Crippen molar-refractivity contribution in [2.75, 3.05) is 18.5 Å². The van der Waals surface area contributed by atoms with Crippen molar-refractivity contribution < 1.29 is 14.3 Å². The van der Waals surface area contributed by atoms with Crippen molar-refractivity contribution >= 4 is 29.1 Å². The topological polar surface area (TPSA) is 49.9 Å². The largest absolute Gasteiger partial charge is 0.360 e. The van der Waals surface area contributed by atoms with Crippen LogP contribution in [0.4, 0.5) is 5.69 Å². The van der Waals surface area contributed by atoms with Gasteiger partial charge in [0.1, 0.15) is 12.1 Å². The van der Waals surface area contributed by atoms with Crippen LogP contribution in [-0.4, -0.2) is 36.4 Å². The first-order valence-corrected chi connectivity index (χ1v) is 10.5. The van der Waals surface area contributed by atoms with Crippen molar-refractivity contribution in [2.45, 2.75) is 18.2 Å². The van der Waals surface area contributed by atoms with E-state index in [0.717, 1.165) is 22.4 Å². The highest BCUT2D eigenvalue weighted by Gasteiger charge is 2.65. The average Bonchev–Trinajstić information content (AvgIpc) is 2.88. The second-order valence-electron chi connectivity index (χ2n) is 7.85. The number of β-lactam (4-membered cyclic amide) rings is 1. The molecule has 0 bridgehead atoms. The van der Waals surface area contributed by atoms with Gasteiger partial charge in [0, 0.05) is 23.3 Å². The van der Waals surface area contributed by atoms with E-state index in [1.165, 1.54) is 0 Å². The molecule has 0 radical (unpaired) electrons. The second-order valence-corrected chi connectivity index (χ2v) is 8.28. The van der Waals surface area contributed by atoms with Crippen molar-refractivity contribution in [3.63, 3.8) is 0 Å². The van der Waals surface area contributed by atoms with Crippen molar-refractivity contribution in [1.82, 2.24) is 4.90 Å². The molecule has 0 aromatic heterocycles. The van der Waals surface area contributed by atoms with Crippen LogP contribution in [0, 0.1) is 0 Å². The molecule has 31 heavy (non-hydrogen) atoms. The highest BCUT2D eigenvalue weighted by atomic mass is 35.5. The predicted octanol–water partition coefficient (Wildman–Crippen LogP) is 3.99. The van der Waals surface area contributed by atoms with Crippen LogP contribution < -0.4 is 4.90 Å². The lowest BCUT2D eigenvalue weighted by Crippen LogP contribution is -2.73. The zero-order valence-electron chi connectivity index (χ0n) is 17.0. The Balaban J connectivity index is 1.69. The summed E-state index contributed by atoms with van der Waals surface area (Å²) >= 11 is 6.41. The lowest BCUT2D eigenvalue weighted by molar-refractivity contribution is -0.192. The summed E-state index contributed by atoms with van der Waals surface area (Å²) in [4.78, 5) is 29.4. The molecule has 2 atom stereocenters. The molecule has 1 fully saturated rings.